The van der Waals surface area contributed by atoms with Crippen LogP contribution < -0.4 is 0 Å². The van der Waals surface area contributed by atoms with E-state index in [2.05, 4.69) is 10.3 Å². The van der Waals surface area contributed by atoms with Crippen molar-refractivity contribution in [2.24, 2.45) is 57.7 Å². The zero-order valence-corrected chi connectivity index (χ0v) is 74.3. The van der Waals surface area contributed by atoms with Crippen LogP contribution in [0.1, 0.15) is 190 Å². The third-order valence-corrected chi connectivity index (χ3v) is 25.7. The van der Waals surface area contributed by atoms with Crippen LogP contribution in [-0.4, -0.2) is 348 Å². The number of methoxy groups -OCH3 is 4. The Morgan fingerprint density at radius 3 is 1.20 bits per heavy atom. The average molecular weight is 1690 g/mol. The Kier molecular flexibility index (Phi) is 38.2. The Balaban J connectivity index is 1.38. The number of carbonyl (C=O) groups excluding carboxylic acids is 3. The molecule has 1 amide bonds. The molecule has 682 valence electrons. The zero-order chi connectivity index (χ0) is 88.1. The number of hydrogen-bond acceptors (Lipinski definition) is 34. The van der Waals surface area contributed by atoms with Crippen molar-refractivity contribution in [1.82, 2.24) is 9.80 Å². The molecule has 6 rings (SSSR count). The number of carbonyl (C=O) groups is 3. The Hall–Kier alpha value is -3.65. The summed E-state index contributed by atoms with van der Waals surface area (Å²) in [6.45, 7) is 32.3. The van der Waals surface area contributed by atoms with Crippen LogP contribution in [0.15, 0.2) is 10.3 Å². The predicted octanol–water partition coefficient (Wildman–Crippen LogP) is 3.70. The van der Waals surface area contributed by atoms with Gasteiger partial charge in [0.1, 0.15) is 47.8 Å². The number of rotatable bonds is 28. The minimum atomic E-state index is -2.10. The lowest BCUT2D eigenvalue weighted by atomic mass is 9.73. The van der Waals surface area contributed by atoms with E-state index >= 15 is 4.79 Å². The first-order chi connectivity index (χ1) is 54.5. The topological polar surface area (TPSA) is 451 Å². The van der Waals surface area contributed by atoms with Gasteiger partial charge in [0.15, 0.2) is 25.2 Å². The molecule has 6 fully saturated rings. The van der Waals surface area contributed by atoms with E-state index < -0.39 is 234 Å². The Labute approximate surface area is 692 Å². The van der Waals surface area contributed by atoms with Crippen LogP contribution in [0.4, 0.5) is 0 Å². The molecule has 0 aromatic carbocycles. The molecule has 0 bridgehead atoms. The molecule has 0 aliphatic carbocycles. The van der Waals surface area contributed by atoms with Crippen molar-refractivity contribution in [2.45, 2.75) is 358 Å². The van der Waals surface area contributed by atoms with E-state index in [1.165, 1.54) is 68.1 Å². The second kappa shape index (κ2) is 43.8. The fourth-order valence-corrected chi connectivity index (χ4v) is 18.3. The van der Waals surface area contributed by atoms with E-state index in [1.54, 1.807) is 123 Å². The van der Waals surface area contributed by atoms with Gasteiger partial charge in [0, 0.05) is 89.9 Å². The molecular formula is C82H148N4O31. The van der Waals surface area contributed by atoms with Gasteiger partial charge in [-0.2, -0.15) is 0 Å². The molecule has 117 heavy (non-hydrogen) atoms. The highest BCUT2D eigenvalue weighted by molar-refractivity contribution is 5.89. The molecule has 0 aromatic rings. The molecule has 6 aliphatic rings. The molecule has 0 radical (unpaired) electrons. The smallest absolute Gasteiger partial charge is 0.311 e. The van der Waals surface area contributed by atoms with E-state index in [0.29, 0.717) is 0 Å². The van der Waals surface area contributed by atoms with Gasteiger partial charge in [-0.05, 0) is 129 Å². The maximum atomic E-state index is 15.2. The van der Waals surface area contributed by atoms with E-state index in [1.807, 2.05) is 0 Å². The summed E-state index contributed by atoms with van der Waals surface area (Å²) >= 11 is 0. The maximum Gasteiger partial charge on any atom is 0.311 e. The molecular weight excluding hydrogens is 1540 g/mol. The van der Waals surface area contributed by atoms with Gasteiger partial charge < -0.3 is 141 Å². The molecule has 6 aliphatic heterocycles. The molecule has 0 spiro atoms. The largest absolute Gasteiger partial charge is 0.459 e. The van der Waals surface area contributed by atoms with Crippen LogP contribution in [0.3, 0.4) is 0 Å². The molecule has 35 heteroatoms. The van der Waals surface area contributed by atoms with Crippen LogP contribution in [-0.2, 0) is 99.8 Å². The second-order valence-corrected chi connectivity index (χ2v) is 35.5. The standard InChI is InChI=1S/C82H148N4O31/c1-27-56-81(19,98)67(90)46(7)61(83-106-40-104-31-29-100-23)42(3)35-77(15,96)71(48(9)65(50(11)73(94)112-56)114-59-37-79(17,102-25)69(92)52(13)110-59)116-75-63(88)54(33-44(5)108-75)85(21)39-58(87)86(22)55-34-45(6)109-76(64(55)89)117-72-49(10)66(115-60-38-80(18,103-26)70(93)53(14)111-60)51(12)74(95)113-57(28-2)82(20,99)68(91)47(8)62(43(4)36-78(72,16)97)84-107-41-105-32-30-101-24/h42-57,59-60,63-72,75-76,88-93,96-99H,27-41H2,1-26H3/b83-61+,84-62+/t42-,43-,44?,45?,46+,47+,48+,49+,50-,51-,52?,53?,54?,55?,56-,57-,59?,60?,63?,64?,65+,66+,67-,68-,69?,70?,71-,72-,75?,76?,77+,78+,79?,80?,81-,82-/m1/s1. The van der Waals surface area contributed by atoms with Gasteiger partial charge in [0.2, 0.25) is 19.5 Å². The lowest BCUT2D eigenvalue weighted by Crippen LogP contribution is -2.63. The third kappa shape index (κ3) is 24.9. The molecule has 16 unspecified atom stereocenters. The summed E-state index contributed by atoms with van der Waals surface area (Å²) in [5, 5.41) is 133. The number of cyclic esters (lactones) is 2. The minimum absolute atomic E-state index is 0.0314. The number of likely N-dealkylation sites (N-methyl/N-ethyl adjacent to an activating group) is 2. The summed E-state index contributed by atoms with van der Waals surface area (Å²) in [4.78, 5) is 59.4. The second-order valence-electron chi connectivity index (χ2n) is 35.5. The Morgan fingerprint density at radius 2 is 0.846 bits per heavy atom. The van der Waals surface area contributed by atoms with Crippen molar-refractivity contribution in [3.8, 4) is 0 Å². The first kappa shape index (κ1) is 102. The van der Waals surface area contributed by atoms with Crippen molar-refractivity contribution in [1.29, 1.82) is 0 Å². The van der Waals surface area contributed by atoms with Gasteiger partial charge in [-0.1, -0.05) is 65.7 Å². The van der Waals surface area contributed by atoms with Crippen LogP contribution in [0, 0.1) is 47.3 Å². The zero-order valence-electron chi connectivity index (χ0n) is 74.3. The van der Waals surface area contributed by atoms with E-state index in [9.17, 15) is 60.7 Å². The number of nitrogens with zero attached hydrogens (tertiary/aromatic N) is 4. The average Bonchev–Trinajstić information content (AvgIpc) is 0.774. The number of aliphatic hydroxyl groups is 10. The van der Waals surface area contributed by atoms with Crippen molar-refractivity contribution < 1.29 is 151 Å². The monoisotopic (exact) mass is 1690 g/mol. The normalized spacial score (nSPS) is 45.6. The highest BCUT2D eigenvalue weighted by atomic mass is 16.8. The molecule has 36 atom stereocenters. The molecule has 6 saturated heterocycles. The van der Waals surface area contributed by atoms with Crippen molar-refractivity contribution in [3.05, 3.63) is 0 Å². The van der Waals surface area contributed by atoms with Crippen LogP contribution in [0.5, 0.6) is 0 Å². The molecule has 6 heterocycles. The number of amides is 1. The van der Waals surface area contributed by atoms with Gasteiger partial charge in [-0.25, -0.2) is 0 Å². The highest BCUT2D eigenvalue weighted by Crippen LogP contribution is 2.45. The molecule has 10 N–H and O–H groups in total. The van der Waals surface area contributed by atoms with Gasteiger partial charge in [0.05, 0.1) is 146 Å². The Morgan fingerprint density at radius 1 is 0.487 bits per heavy atom. The summed E-state index contributed by atoms with van der Waals surface area (Å²) in [6.07, 6.45) is -25.7. The van der Waals surface area contributed by atoms with E-state index in [0.717, 1.165) is 0 Å². The van der Waals surface area contributed by atoms with Crippen LogP contribution in [0.25, 0.3) is 0 Å². The van der Waals surface area contributed by atoms with Crippen molar-refractivity contribution in [2.75, 3.05) is 89.1 Å². The molecule has 0 aromatic heterocycles. The van der Waals surface area contributed by atoms with Gasteiger partial charge >= 0.3 is 11.9 Å². The minimum Gasteiger partial charge on any atom is -0.459 e. The van der Waals surface area contributed by atoms with E-state index in [4.69, 9.17) is 85.5 Å². The summed E-state index contributed by atoms with van der Waals surface area (Å²) < 4.78 is 98.9. The number of hydrogen-bond donors (Lipinski definition) is 10. The van der Waals surface area contributed by atoms with Crippen LogP contribution >= 0.6 is 0 Å². The van der Waals surface area contributed by atoms with Crippen LogP contribution in [0.2, 0.25) is 0 Å². The van der Waals surface area contributed by atoms with Crippen molar-refractivity contribution in [3.63, 3.8) is 0 Å². The Bertz CT molecular complexity index is 3120. The third-order valence-electron chi connectivity index (χ3n) is 25.7. The summed E-state index contributed by atoms with van der Waals surface area (Å²) in [5.41, 5.74) is -10.3. The molecule has 0 saturated carbocycles. The lowest BCUT2D eigenvalue weighted by Gasteiger charge is -2.49. The maximum absolute atomic E-state index is 15.2. The van der Waals surface area contributed by atoms with Gasteiger partial charge in [-0.3, -0.25) is 19.3 Å². The first-order valence-corrected chi connectivity index (χ1v) is 41.7. The number of aliphatic hydroxyl groups excluding tert-OH is 6. The highest BCUT2D eigenvalue weighted by Gasteiger charge is 2.58. The van der Waals surface area contributed by atoms with Crippen molar-refractivity contribution >= 4 is 29.3 Å². The van der Waals surface area contributed by atoms with Gasteiger partial charge in [-0.15, -0.1) is 0 Å². The number of ether oxygens (including phenoxy) is 16. The fraction of sp³-hybridized carbons (Fsp3) is 0.939. The summed E-state index contributed by atoms with van der Waals surface area (Å²) in [7, 11) is 9.07. The summed E-state index contributed by atoms with van der Waals surface area (Å²) in [5.74, 6) is -10.6. The number of oxime groups is 2. The van der Waals surface area contributed by atoms with E-state index in [-0.39, 0.29) is 109 Å². The fourth-order valence-electron chi connectivity index (χ4n) is 18.3. The first-order valence-electron chi connectivity index (χ1n) is 41.7. The van der Waals surface area contributed by atoms with Gasteiger partial charge in [0.25, 0.3) is 0 Å². The summed E-state index contributed by atoms with van der Waals surface area (Å²) in [6, 6.07) is -1.95. The lowest BCUT2D eigenvalue weighted by molar-refractivity contribution is -0.318. The molecule has 35 nitrogen and oxygen atoms in total. The quantitative estimate of drug-likeness (QED) is 0.0231. The SMILES string of the molecule is CC[C@H]1OC(=O)[C@H](C)[C@@H](OC2CC(C)(OC)C(O)C(C)O2)[C@H](C)[C@@H](OC2OC(C)CC(N(C)CC(=O)N(C)C3CC(C)OC(O[C@@H]4[C@@H](C)[C@H](OC5CC(C)(OC)C(O)C(C)O5)[C@@H](C)C(=O)O[C@H](CC)[C@@](C)(O)[C@H](O)[C@@H](C)/C(=N/OCOCCOC)[C@H](C)C[C@]4(C)O)C3O)C2O)[C@@](C)(O)C[C@@H](C)/C(=N\OCOCCOC)[C@H](C)[C@@H](O)[C@]1(C)O. The predicted molar refractivity (Wildman–Crippen MR) is 423 cm³/mol. The number of esters is 2.